The Hall–Kier alpha value is -2.38. The van der Waals surface area contributed by atoms with Crippen LogP contribution in [0.5, 0.6) is 0 Å². The van der Waals surface area contributed by atoms with E-state index in [0.29, 0.717) is 22.9 Å². The summed E-state index contributed by atoms with van der Waals surface area (Å²) in [6.07, 6.45) is 0.599. The normalized spacial score (nSPS) is 20.8. The highest BCUT2D eigenvalue weighted by Crippen LogP contribution is 2.44. The van der Waals surface area contributed by atoms with Crippen molar-refractivity contribution >= 4 is 44.7 Å². The average molecular weight is 485 g/mol. The molecule has 1 fully saturated rings. The maximum absolute atomic E-state index is 13.5. The molecule has 0 aliphatic carbocycles. The number of thioether (sulfide) groups is 1. The standard InChI is InChI=1S/C23H21BrN2O3S/c1-3-29-22(28)19-14(2)25-23-26(20(19)16-7-5-4-6-8-16)21(27)18(30-23)13-15-9-11-17(24)12-10-15/h4-12,18,20H,3,13H2,1-2H3/t18-,20-/m0/s1. The maximum atomic E-state index is 13.5. The van der Waals surface area contributed by atoms with Gasteiger partial charge in [0.1, 0.15) is 0 Å². The summed E-state index contributed by atoms with van der Waals surface area (Å²) in [4.78, 5) is 32.5. The Balaban J connectivity index is 1.71. The third-order valence-electron chi connectivity index (χ3n) is 5.10. The fourth-order valence-corrected chi connectivity index (χ4v) is 5.22. The average Bonchev–Trinajstić information content (AvgIpc) is 3.04. The Morgan fingerprint density at radius 1 is 1.17 bits per heavy atom. The predicted octanol–water partition coefficient (Wildman–Crippen LogP) is 4.88. The smallest absolute Gasteiger partial charge is 0.338 e. The lowest BCUT2D eigenvalue weighted by atomic mass is 9.94. The number of amides is 1. The molecule has 0 spiro atoms. The van der Waals surface area contributed by atoms with Crippen molar-refractivity contribution in [1.82, 2.24) is 4.90 Å². The van der Waals surface area contributed by atoms with Crippen LogP contribution >= 0.6 is 27.7 Å². The second kappa shape index (κ2) is 8.78. The van der Waals surface area contributed by atoms with Crippen LogP contribution in [0.1, 0.15) is 31.0 Å². The number of carbonyl (C=O) groups excluding carboxylic acids is 2. The largest absolute Gasteiger partial charge is 0.463 e. The van der Waals surface area contributed by atoms with Crippen LogP contribution < -0.4 is 0 Å². The second-order valence-corrected chi connectivity index (χ2v) is 9.16. The van der Waals surface area contributed by atoms with Crippen LogP contribution in [0.15, 0.2) is 75.3 Å². The molecule has 0 N–H and O–H groups in total. The van der Waals surface area contributed by atoms with Gasteiger partial charge in [-0.05, 0) is 43.5 Å². The van der Waals surface area contributed by atoms with Crippen molar-refractivity contribution in [3.63, 3.8) is 0 Å². The van der Waals surface area contributed by atoms with Crippen molar-refractivity contribution < 1.29 is 14.3 Å². The fourth-order valence-electron chi connectivity index (χ4n) is 3.72. The first-order chi connectivity index (χ1) is 14.5. The van der Waals surface area contributed by atoms with E-state index >= 15 is 0 Å². The predicted molar refractivity (Wildman–Crippen MR) is 122 cm³/mol. The molecular weight excluding hydrogens is 464 g/mol. The van der Waals surface area contributed by atoms with Crippen LogP contribution in [0.4, 0.5) is 0 Å². The zero-order valence-corrected chi connectivity index (χ0v) is 19.1. The number of benzene rings is 2. The van der Waals surface area contributed by atoms with Gasteiger partial charge in [-0.2, -0.15) is 0 Å². The third kappa shape index (κ3) is 3.96. The van der Waals surface area contributed by atoms with Gasteiger partial charge in [0, 0.05) is 4.47 Å². The van der Waals surface area contributed by atoms with E-state index in [-0.39, 0.29) is 17.8 Å². The molecule has 2 aromatic rings. The summed E-state index contributed by atoms with van der Waals surface area (Å²) in [5.74, 6) is -0.467. The Morgan fingerprint density at radius 3 is 2.53 bits per heavy atom. The highest BCUT2D eigenvalue weighted by molar-refractivity contribution is 9.10. The van der Waals surface area contributed by atoms with Gasteiger partial charge in [-0.3, -0.25) is 9.69 Å². The number of allylic oxidation sites excluding steroid dienone is 1. The van der Waals surface area contributed by atoms with Crippen LogP contribution in [0.2, 0.25) is 0 Å². The van der Waals surface area contributed by atoms with Gasteiger partial charge in [0.05, 0.1) is 29.2 Å². The number of aliphatic imine (C=N–C) groups is 1. The van der Waals surface area contributed by atoms with E-state index in [9.17, 15) is 9.59 Å². The summed E-state index contributed by atoms with van der Waals surface area (Å²) in [6.45, 7) is 3.84. The first kappa shape index (κ1) is 20.9. The summed E-state index contributed by atoms with van der Waals surface area (Å²) in [7, 11) is 0. The van der Waals surface area contributed by atoms with E-state index in [1.807, 2.05) is 54.6 Å². The molecule has 0 saturated carbocycles. The first-order valence-corrected chi connectivity index (χ1v) is 11.4. The zero-order chi connectivity index (χ0) is 21.3. The Bertz CT molecular complexity index is 1030. The highest BCUT2D eigenvalue weighted by Gasteiger charge is 2.47. The fraction of sp³-hybridized carbons (Fsp3) is 0.261. The Morgan fingerprint density at radius 2 is 1.87 bits per heavy atom. The molecular formula is C23H21BrN2O3S. The van der Waals surface area contributed by atoms with Gasteiger partial charge in [0.25, 0.3) is 0 Å². The van der Waals surface area contributed by atoms with Crippen molar-refractivity contribution in [3.8, 4) is 0 Å². The lowest BCUT2D eigenvalue weighted by Crippen LogP contribution is -2.41. The van der Waals surface area contributed by atoms with E-state index in [0.717, 1.165) is 15.6 Å². The number of hydrogen-bond acceptors (Lipinski definition) is 5. The molecule has 1 saturated heterocycles. The second-order valence-electron chi connectivity index (χ2n) is 7.07. The molecule has 2 atom stereocenters. The SMILES string of the molecule is CCOC(=O)C1=C(C)N=C2S[C@@H](Cc3ccc(Br)cc3)C(=O)N2[C@H]1c1ccccc1. The number of esters is 1. The minimum absolute atomic E-state index is 0.0372. The summed E-state index contributed by atoms with van der Waals surface area (Å²) in [6, 6.07) is 17.0. The quantitative estimate of drug-likeness (QED) is 0.567. The zero-order valence-electron chi connectivity index (χ0n) is 16.7. The Labute approximate surface area is 188 Å². The number of rotatable bonds is 5. The number of fused-ring (bicyclic) bond motifs is 1. The molecule has 2 heterocycles. The maximum Gasteiger partial charge on any atom is 0.338 e. The van der Waals surface area contributed by atoms with E-state index in [2.05, 4.69) is 20.9 Å². The van der Waals surface area contributed by atoms with Crippen molar-refractivity contribution in [1.29, 1.82) is 0 Å². The molecule has 0 aromatic heterocycles. The van der Waals surface area contributed by atoms with Crippen molar-refractivity contribution in [3.05, 3.63) is 81.5 Å². The number of halogens is 1. The summed E-state index contributed by atoms with van der Waals surface area (Å²) >= 11 is 4.90. The molecule has 0 unspecified atom stereocenters. The molecule has 30 heavy (non-hydrogen) atoms. The Kier molecular flexibility index (Phi) is 6.11. The highest BCUT2D eigenvalue weighted by atomic mass is 79.9. The molecule has 5 nitrogen and oxygen atoms in total. The number of amidine groups is 1. The topological polar surface area (TPSA) is 59.0 Å². The lowest BCUT2D eigenvalue weighted by Gasteiger charge is -2.33. The molecule has 2 aliphatic heterocycles. The molecule has 0 bridgehead atoms. The van der Waals surface area contributed by atoms with Crippen molar-refractivity contribution in [2.24, 2.45) is 4.99 Å². The minimum atomic E-state index is -0.535. The molecule has 154 valence electrons. The van der Waals surface area contributed by atoms with Crippen LogP contribution in [-0.4, -0.2) is 33.8 Å². The van der Waals surface area contributed by atoms with E-state index in [1.54, 1.807) is 18.7 Å². The molecule has 2 aliphatic rings. The summed E-state index contributed by atoms with van der Waals surface area (Å²) in [5.41, 5.74) is 2.96. The summed E-state index contributed by atoms with van der Waals surface area (Å²) in [5, 5.41) is 0.354. The van der Waals surface area contributed by atoms with Crippen LogP contribution in [0, 0.1) is 0 Å². The first-order valence-electron chi connectivity index (χ1n) is 9.75. The number of carbonyl (C=O) groups is 2. The van der Waals surface area contributed by atoms with Crippen LogP contribution in [0.3, 0.4) is 0 Å². The number of ether oxygens (including phenoxy) is 1. The van der Waals surface area contributed by atoms with E-state index in [1.165, 1.54) is 11.8 Å². The minimum Gasteiger partial charge on any atom is -0.463 e. The molecule has 1 amide bonds. The van der Waals surface area contributed by atoms with Gasteiger partial charge in [0.15, 0.2) is 5.17 Å². The van der Waals surface area contributed by atoms with Crippen LogP contribution in [0.25, 0.3) is 0 Å². The molecule has 7 heteroatoms. The molecule has 2 aromatic carbocycles. The van der Waals surface area contributed by atoms with Gasteiger partial charge in [-0.25, -0.2) is 9.79 Å². The van der Waals surface area contributed by atoms with Gasteiger partial charge >= 0.3 is 5.97 Å². The third-order valence-corrected chi connectivity index (χ3v) is 6.78. The number of nitrogens with zero attached hydrogens (tertiary/aromatic N) is 2. The van der Waals surface area contributed by atoms with E-state index < -0.39 is 12.0 Å². The van der Waals surface area contributed by atoms with Gasteiger partial charge in [0.2, 0.25) is 5.91 Å². The van der Waals surface area contributed by atoms with Gasteiger partial charge in [-0.1, -0.05) is 70.2 Å². The monoisotopic (exact) mass is 484 g/mol. The molecule has 4 rings (SSSR count). The van der Waals surface area contributed by atoms with Crippen molar-refractivity contribution in [2.75, 3.05) is 6.61 Å². The van der Waals surface area contributed by atoms with Gasteiger partial charge < -0.3 is 4.74 Å². The molecule has 0 radical (unpaired) electrons. The summed E-state index contributed by atoms with van der Waals surface area (Å²) < 4.78 is 6.31. The number of hydrogen-bond donors (Lipinski definition) is 0. The van der Waals surface area contributed by atoms with Gasteiger partial charge in [-0.15, -0.1) is 0 Å². The van der Waals surface area contributed by atoms with Crippen LogP contribution in [-0.2, 0) is 20.7 Å². The lowest BCUT2D eigenvalue weighted by molar-refractivity contribution is -0.139. The van der Waals surface area contributed by atoms with Crippen molar-refractivity contribution in [2.45, 2.75) is 31.6 Å². The van der Waals surface area contributed by atoms with E-state index in [4.69, 9.17) is 4.74 Å².